The number of carbonyl (C=O) groups excluding carboxylic acids is 1. The van der Waals surface area contributed by atoms with Crippen LogP contribution in [0.25, 0.3) is 22.1 Å². The second-order valence-electron chi connectivity index (χ2n) is 9.13. The first-order valence-corrected chi connectivity index (χ1v) is 11.8. The summed E-state index contributed by atoms with van der Waals surface area (Å²) in [4.78, 5) is 26.2. The van der Waals surface area contributed by atoms with Crippen LogP contribution in [0.3, 0.4) is 0 Å². The van der Waals surface area contributed by atoms with Crippen LogP contribution in [0.1, 0.15) is 48.0 Å². The molecule has 4 aromatic rings. The van der Waals surface area contributed by atoms with E-state index in [0.29, 0.717) is 24.0 Å². The van der Waals surface area contributed by atoms with E-state index in [1.807, 2.05) is 0 Å². The van der Waals surface area contributed by atoms with Gasteiger partial charge in [0.1, 0.15) is 5.82 Å². The number of hydrogen-bond acceptors (Lipinski definition) is 5. The molecule has 3 aromatic heterocycles. The van der Waals surface area contributed by atoms with E-state index in [4.69, 9.17) is 4.42 Å². The van der Waals surface area contributed by atoms with Gasteiger partial charge in [-0.2, -0.15) is 5.10 Å². The van der Waals surface area contributed by atoms with Gasteiger partial charge in [-0.25, -0.2) is 4.39 Å². The topological polar surface area (TPSA) is 102 Å². The fraction of sp³-hybridized carbons (Fsp3) is 0.346. The number of rotatable bonds is 5. The van der Waals surface area contributed by atoms with E-state index in [0.717, 1.165) is 24.8 Å². The highest BCUT2D eigenvalue weighted by molar-refractivity contribution is 6.04. The molecule has 1 fully saturated rings. The molecule has 182 valence electrons. The van der Waals surface area contributed by atoms with Gasteiger partial charge in [0.2, 0.25) is 0 Å². The number of fused-ring (bicyclic) bond motifs is 1. The molecular formula is C26H27FN4O4. The van der Waals surface area contributed by atoms with Crippen molar-refractivity contribution >= 4 is 16.9 Å². The second kappa shape index (κ2) is 9.50. The fourth-order valence-electron chi connectivity index (χ4n) is 4.70. The third-order valence-electron chi connectivity index (χ3n) is 6.66. The van der Waals surface area contributed by atoms with Crippen molar-refractivity contribution < 1.29 is 18.7 Å². The molecule has 5 rings (SSSR count). The van der Waals surface area contributed by atoms with Crippen molar-refractivity contribution in [2.24, 2.45) is 7.05 Å². The Morgan fingerprint density at radius 2 is 2.03 bits per heavy atom. The van der Waals surface area contributed by atoms with Crippen molar-refractivity contribution in [3.05, 3.63) is 76.4 Å². The minimum absolute atomic E-state index is 0.0502. The van der Waals surface area contributed by atoms with Gasteiger partial charge in [0.25, 0.3) is 11.5 Å². The zero-order valence-electron chi connectivity index (χ0n) is 19.4. The first-order valence-electron chi connectivity index (χ1n) is 11.8. The number of nitrogens with one attached hydrogen (secondary N) is 1. The smallest absolute Gasteiger partial charge is 0.262 e. The molecule has 1 aliphatic rings. The van der Waals surface area contributed by atoms with E-state index in [1.165, 1.54) is 29.2 Å². The predicted octanol–water partition coefficient (Wildman–Crippen LogP) is 3.61. The molecule has 8 nitrogen and oxygen atoms in total. The third-order valence-corrected chi connectivity index (χ3v) is 6.66. The number of pyridine rings is 1. The summed E-state index contributed by atoms with van der Waals surface area (Å²) in [5.41, 5.74) is 1.75. The van der Waals surface area contributed by atoms with Crippen LogP contribution in [0.15, 0.2) is 58.3 Å². The summed E-state index contributed by atoms with van der Waals surface area (Å²) in [6.45, 7) is -0.0502. The molecule has 9 heteroatoms. The summed E-state index contributed by atoms with van der Waals surface area (Å²) >= 11 is 0. The standard InChI is InChI=1S/C26H27FN4O4/c1-30-13-18(12-28-30)16-7-8-17(21(27)11-16)14-31-15-20(24-19(26(31)34)9-10-35-24)25(33)29-22-5-3-2-4-6-23(22)32/h7-13,15,22-23,32H,2-6,14H2,1H3,(H,29,33)/t22-,23-/m0/s1. The number of benzene rings is 1. The number of aromatic nitrogens is 3. The summed E-state index contributed by atoms with van der Waals surface area (Å²) in [5, 5.41) is 17.7. The normalized spacial score (nSPS) is 18.5. The number of aryl methyl sites for hydroxylation is 1. The van der Waals surface area contributed by atoms with E-state index < -0.39 is 17.8 Å². The molecule has 3 heterocycles. The summed E-state index contributed by atoms with van der Waals surface area (Å²) in [6.07, 6.45) is 9.77. The fourth-order valence-corrected chi connectivity index (χ4v) is 4.70. The summed E-state index contributed by atoms with van der Waals surface area (Å²) in [6, 6.07) is 5.96. The lowest BCUT2D eigenvalue weighted by atomic mass is 10.1. The maximum atomic E-state index is 15.0. The molecule has 35 heavy (non-hydrogen) atoms. The van der Waals surface area contributed by atoms with Crippen LogP contribution in [0, 0.1) is 5.82 Å². The monoisotopic (exact) mass is 478 g/mol. The van der Waals surface area contributed by atoms with Crippen molar-refractivity contribution in [2.45, 2.75) is 50.8 Å². The van der Waals surface area contributed by atoms with Crippen molar-refractivity contribution in [2.75, 3.05) is 0 Å². The highest BCUT2D eigenvalue weighted by Crippen LogP contribution is 2.24. The highest BCUT2D eigenvalue weighted by atomic mass is 19.1. The Hall–Kier alpha value is -3.72. The molecule has 1 aliphatic carbocycles. The lowest BCUT2D eigenvalue weighted by molar-refractivity contribution is 0.0818. The minimum atomic E-state index is -0.619. The molecule has 0 saturated heterocycles. The molecule has 0 aliphatic heterocycles. The molecular weight excluding hydrogens is 451 g/mol. The van der Waals surface area contributed by atoms with Gasteiger partial charge in [-0.05, 0) is 30.5 Å². The Balaban J connectivity index is 1.46. The van der Waals surface area contributed by atoms with Crippen LogP contribution in [0.5, 0.6) is 0 Å². The number of halogens is 1. The van der Waals surface area contributed by atoms with Crippen LogP contribution in [0.2, 0.25) is 0 Å². The van der Waals surface area contributed by atoms with E-state index >= 15 is 0 Å². The second-order valence-corrected chi connectivity index (χ2v) is 9.13. The molecule has 1 aromatic carbocycles. The number of hydrogen-bond donors (Lipinski definition) is 2. The number of furan rings is 1. The zero-order valence-corrected chi connectivity index (χ0v) is 19.4. The third kappa shape index (κ3) is 4.64. The average Bonchev–Trinajstić information content (AvgIpc) is 3.45. The van der Waals surface area contributed by atoms with Crippen molar-refractivity contribution in [3.8, 4) is 11.1 Å². The maximum Gasteiger partial charge on any atom is 0.262 e. The van der Waals surface area contributed by atoms with Crippen molar-refractivity contribution in [3.63, 3.8) is 0 Å². The molecule has 0 radical (unpaired) electrons. The quantitative estimate of drug-likeness (QED) is 0.427. The lowest BCUT2D eigenvalue weighted by Crippen LogP contribution is -2.43. The van der Waals surface area contributed by atoms with Gasteiger partial charge in [0.05, 0.1) is 42.1 Å². The number of aliphatic hydroxyl groups is 1. The Kier molecular flexibility index (Phi) is 6.25. The first kappa shape index (κ1) is 23.0. The molecule has 0 unspecified atom stereocenters. The summed E-state index contributed by atoms with van der Waals surface area (Å²) < 4.78 is 23.4. The molecule has 2 atom stereocenters. The molecule has 1 saturated carbocycles. The van der Waals surface area contributed by atoms with E-state index in [2.05, 4.69) is 10.4 Å². The average molecular weight is 479 g/mol. The van der Waals surface area contributed by atoms with Gasteiger partial charge >= 0.3 is 0 Å². The Bertz CT molecular complexity index is 1440. The number of amides is 1. The lowest BCUT2D eigenvalue weighted by Gasteiger charge is -2.22. The first-order chi connectivity index (χ1) is 16.9. The van der Waals surface area contributed by atoms with Gasteiger partial charge in [-0.1, -0.05) is 31.4 Å². The van der Waals surface area contributed by atoms with Crippen LogP contribution < -0.4 is 10.9 Å². The number of aliphatic hydroxyl groups excluding tert-OH is 1. The van der Waals surface area contributed by atoms with Crippen LogP contribution in [-0.2, 0) is 13.6 Å². The molecule has 0 spiro atoms. The Morgan fingerprint density at radius 3 is 2.80 bits per heavy atom. The van der Waals surface area contributed by atoms with Gasteiger partial charge in [-0.3, -0.25) is 14.3 Å². The number of nitrogens with zero attached hydrogens (tertiary/aromatic N) is 3. The van der Waals surface area contributed by atoms with Crippen molar-refractivity contribution in [1.82, 2.24) is 19.7 Å². The van der Waals surface area contributed by atoms with Crippen molar-refractivity contribution in [1.29, 1.82) is 0 Å². The van der Waals surface area contributed by atoms with Crippen LogP contribution in [0.4, 0.5) is 4.39 Å². The Morgan fingerprint density at radius 1 is 1.20 bits per heavy atom. The summed E-state index contributed by atoms with van der Waals surface area (Å²) in [5.74, 6) is -0.893. The zero-order chi connectivity index (χ0) is 24.5. The predicted molar refractivity (Wildman–Crippen MR) is 129 cm³/mol. The highest BCUT2D eigenvalue weighted by Gasteiger charge is 2.26. The molecule has 0 bridgehead atoms. The van der Waals surface area contributed by atoms with Crippen LogP contribution in [-0.4, -0.2) is 37.5 Å². The SMILES string of the molecule is Cn1cc(-c2ccc(Cn3cc(C(=O)N[C@H]4CCCCC[C@@H]4O)c4occc4c3=O)c(F)c2)cn1. The van der Waals surface area contributed by atoms with E-state index in [1.54, 1.807) is 36.3 Å². The van der Waals surface area contributed by atoms with E-state index in [9.17, 15) is 19.1 Å². The molecule has 2 N–H and O–H groups in total. The van der Waals surface area contributed by atoms with Gasteiger partial charge in [-0.15, -0.1) is 0 Å². The van der Waals surface area contributed by atoms with E-state index in [-0.39, 0.29) is 34.7 Å². The summed E-state index contributed by atoms with van der Waals surface area (Å²) in [7, 11) is 1.79. The van der Waals surface area contributed by atoms with Crippen LogP contribution >= 0.6 is 0 Å². The number of carbonyl (C=O) groups is 1. The molecule has 1 amide bonds. The largest absolute Gasteiger partial charge is 0.463 e. The Labute approximate surface area is 201 Å². The van der Waals surface area contributed by atoms with Gasteiger partial charge in [0, 0.05) is 30.6 Å². The van der Waals surface area contributed by atoms with Gasteiger partial charge in [0.15, 0.2) is 5.58 Å². The van der Waals surface area contributed by atoms with Gasteiger partial charge < -0.3 is 19.4 Å². The maximum absolute atomic E-state index is 15.0. The minimum Gasteiger partial charge on any atom is -0.463 e.